The van der Waals surface area contributed by atoms with Gasteiger partial charge in [-0.05, 0) is 56.5 Å². The van der Waals surface area contributed by atoms with Gasteiger partial charge in [0.15, 0.2) is 0 Å². The minimum Gasteiger partial charge on any atom is -0.624 e. The molecule has 0 bridgehead atoms. The molecule has 2 N–H and O–H groups in total. The van der Waals surface area contributed by atoms with E-state index in [0.717, 1.165) is 6.42 Å². The molecule has 3 aliphatic carbocycles. The maximum atomic E-state index is 5.38. The molecule has 56 heavy (non-hydrogen) atoms. The van der Waals surface area contributed by atoms with Gasteiger partial charge in [-0.2, -0.15) is 0 Å². The second-order valence-corrected chi connectivity index (χ2v) is 15.6. The Morgan fingerprint density at radius 2 is 1.12 bits per heavy atom. The van der Waals surface area contributed by atoms with Crippen molar-refractivity contribution in [2.45, 2.75) is 42.5 Å². The largest absolute Gasteiger partial charge is 0.624 e. The molecule has 5 atom stereocenters. The number of hydrogen-bond acceptors (Lipinski definition) is 3. The van der Waals surface area contributed by atoms with E-state index in [1.54, 1.807) is 0 Å². The molecule has 2 fully saturated rings. The standard InChI is InChI=1S/C52H43N4/c1-6-18-35(19-7-1)38-30-31-47-43(32-38)44-33-42-41-28-16-17-29-45(41)52(39-24-12-4-13-25-39,40-26-14-5-15-27-40)46(42)34-48(44)56(47)51-54-49(36-20-8-2-9-21-36)53-50(55-51)37-22-10-3-11-23-37/h1-33,43,47-51,54-55H,34H2/q-1. The van der Waals surface area contributed by atoms with E-state index in [1.165, 1.54) is 61.2 Å². The summed E-state index contributed by atoms with van der Waals surface area (Å²) in [5.74, 6) is 0.206. The number of nitrogens with zero attached hydrogens (tertiary/aromatic N) is 2. The summed E-state index contributed by atoms with van der Waals surface area (Å²) in [5.41, 5.74) is 14.1. The highest BCUT2D eigenvalue weighted by atomic mass is 15.5. The van der Waals surface area contributed by atoms with Crippen molar-refractivity contribution in [2.75, 3.05) is 0 Å². The van der Waals surface area contributed by atoms with Crippen molar-refractivity contribution in [3.63, 3.8) is 0 Å². The van der Waals surface area contributed by atoms with Gasteiger partial charge in [0.2, 0.25) is 0 Å². The van der Waals surface area contributed by atoms with E-state index in [-0.39, 0.29) is 36.6 Å². The molecule has 272 valence electrons. The maximum absolute atomic E-state index is 5.38. The molecule has 0 spiro atoms. The first-order chi connectivity index (χ1) is 27.8. The van der Waals surface area contributed by atoms with Crippen molar-refractivity contribution in [1.82, 2.24) is 15.5 Å². The van der Waals surface area contributed by atoms with Gasteiger partial charge in [-0.3, -0.25) is 4.90 Å². The smallest absolute Gasteiger partial charge is 0.113 e. The maximum Gasteiger partial charge on any atom is 0.113 e. The van der Waals surface area contributed by atoms with Crippen molar-refractivity contribution in [3.8, 4) is 0 Å². The summed E-state index contributed by atoms with van der Waals surface area (Å²) in [6.45, 7) is 0. The first-order valence-electron chi connectivity index (χ1n) is 20.0. The van der Waals surface area contributed by atoms with Crippen LogP contribution in [0.5, 0.6) is 0 Å². The quantitative estimate of drug-likeness (QED) is 0.180. The Morgan fingerprint density at radius 3 is 1.73 bits per heavy atom. The van der Waals surface area contributed by atoms with E-state index >= 15 is 0 Å². The SMILES string of the molecule is C1=CC2C(C=C1c1ccccc1)C1=CC3=C(CC1N2C1NC(c2ccccc2)[N-]C(c2ccccc2)N1)C(c1ccccc1)(c1ccccc1)c1ccccc13. The minimum absolute atomic E-state index is 0.136. The van der Waals surface area contributed by atoms with Crippen LogP contribution in [0.15, 0.2) is 211 Å². The molecule has 0 amide bonds. The van der Waals surface area contributed by atoms with Crippen LogP contribution in [0, 0.1) is 5.92 Å². The summed E-state index contributed by atoms with van der Waals surface area (Å²) < 4.78 is 0. The molecular formula is C52H43N4-. The Labute approximate surface area is 329 Å². The Bertz CT molecular complexity index is 2420. The second-order valence-electron chi connectivity index (χ2n) is 15.6. The Balaban J connectivity index is 1.10. The summed E-state index contributed by atoms with van der Waals surface area (Å²) in [6.07, 6.45) is 10.4. The lowest BCUT2D eigenvalue weighted by Crippen LogP contribution is -2.63. The Morgan fingerprint density at radius 1 is 0.589 bits per heavy atom. The molecule has 2 aliphatic heterocycles. The molecule has 4 nitrogen and oxygen atoms in total. The van der Waals surface area contributed by atoms with Gasteiger partial charge >= 0.3 is 0 Å². The van der Waals surface area contributed by atoms with Crippen LogP contribution in [0.25, 0.3) is 16.5 Å². The van der Waals surface area contributed by atoms with Crippen LogP contribution < -0.4 is 10.6 Å². The lowest BCUT2D eigenvalue weighted by molar-refractivity contribution is 0.0663. The zero-order valence-corrected chi connectivity index (χ0v) is 31.1. The van der Waals surface area contributed by atoms with Gasteiger partial charge in [0.25, 0.3) is 0 Å². The van der Waals surface area contributed by atoms with Gasteiger partial charge in [-0.1, -0.05) is 224 Å². The van der Waals surface area contributed by atoms with Crippen molar-refractivity contribution in [2.24, 2.45) is 5.92 Å². The van der Waals surface area contributed by atoms with Crippen LogP contribution in [0.2, 0.25) is 0 Å². The zero-order chi connectivity index (χ0) is 37.1. The van der Waals surface area contributed by atoms with E-state index in [1.807, 2.05) is 0 Å². The first-order valence-corrected chi connectivity index (χ1v) is 20.0. The van der Waals surface area contributed by atoms with E-state index in [9.17, 15) is 0 Å². The zero-order valence-electron chi connectivity index (χ0n) is 31.1. The predicted octanol–water partition coefficient (Wildman–Crippen LogP) is 10.7. The first kappa shape index (κ1) is 33.5. The number of hydrogen-bond donors (Lipinski definition) is 2. The molecule has 5 unspecified atom stereocenters. The average molecular weight is 724 g/mol. The minimum atomic E-state index is -0.418. The topological polar surface area (TPSA) is 41.4 Å². The van der Waals surface area contributed by atoms with Gasteiger partial charge in [0.1, 0.15) is 6.29 Å². The van der Waals surface area contributed by atoms with Crippen molar-refractivity contribution in [3.05, 3.63) is 256 Å². The fourth-order valence-electron chi connectivity index (χ4n) is 10.4. The molecule has 6 aromatic carbocycles. The molecule has 4 heteroatoms. The highest BCUT2D eigenvalue weighted by molar-refractivity contribution is 5.92. The number of nitrogens with one attached hydrogen (secondary N) is 2. The van der Waals surface area contributed by atoms with Gasteiger partial charge in [0.05, 0.1) is 5.41 Å². The normalized spacial score (nSPS) is 26.1. The summed E-state index contributed by atoms with van der Waals surface area (Å²) in [6, 6.07) is 64.2. The van der Waals surface area contributed by atoms with Crippen LogP contribution in [0.1, 0.15) is 57.7 Å². The fourth-order valence-corrected chi connectivity index (χ4v) is 10.4. The van der Waals surface area contributed by atoms with Crippen LogP contribution in [-0.4, -0.2) is 23.3 Å². The molecular weight excluding hydrogens is 681 g/mol. The number of fused-ring (bicyclic) bond motifs is 5. The van der Waals surface area contributed by atoms with Crippen LogP contribution in [-0.2, 0) is 5.41 Å². The number of likely N-dealkylation sites (tertiary alicyclic amines) is 1. The number of benzene rings is 6. The van der Waals surface area contributed by atoms with E-state index in [2.05, 4.69) is 216 Å². The lowest BCUT2D eigenvalue weighted by Gasteiger charge is -2.54. The number of rotatable bonds is 6. The lowest BCUT2D eigenvalue weighted by atomic mass is 9.64. The summed E-state index contributed by atoms with van der Waals surface area (Å²) >= 11 is 0. The third kappa shape index (κ3) is 5.29. The molecule has 2 heterocycles. The van der Waals surface area contributed by atoms with Crippen LogP contribution in [0.3, 0.4) is 0 Å². The Kier molecular flexibility index (Phi) is 8.18. The highest BCUT2D eigenvalue weighted by Gasteiger charge is 2.55. The summed E-state index contributed by atoms with van der Waals surface area (Å²) in [7, 11) is 0. The molecule has 0 saturated carbocycles. The monoisotopic (exact) mass is 723 g/mol. The summed E-state index contributed by atoms with van der Waals surface area (Å²) in [4.78, 5) is 2.75. The van der Waals surface area contributed by atoms with Gasteiger partial charge in [-0.15, -0.1) is 0 Å². The van der Waals surface area contributed by atoms with Gasteiger partial charge in [0, 0.05) is 18.0 Å². The highest BCUT2D eigenvalue weighted by Crippen LogP contribution is 2.60. The number of allylic oxidation sites excluding steroid dienone is 4. The van der Waals surface area contributed by atoms with Crippen molar-refractivity contribution >= 4 is 11.1 Å². The molecule has 0 radical (unpaired) electrons. The molecule has 0 aromatic heterocycles. The summed E-state index contributed by atoms with van der Waals surface area (Å²) in [5, 5.41) is 13.4. The molecule has 6 aromatic rings. The second kappa shape index (κ2) is 13.7. The average Bonchev–Trinajstić information content (AvgIpc) is 3.76. The van der Waals surface area contributed by atoms with Crippen molar-refractivity contribution < 1.29 is 0 Å². The molecule has 5 aliphatic rings. The van der Waals surface area contributed by atoms with Crippen LogP contribution >= 0.6 is 0 Å². The van der Waals surface area contributed by atoms with E-state index < -0.39 is 5.41 Å². The third-order valence-corrected chi connectivity index (χ3v) is 12.8. The van der Waals surface area contributed by atoms with E-state index in [4.69, 9.17) is 5.32 Å². The molecule has 11 rings (SSSR count). The Hall–Kier alpha value is -5.88. The van der Waals surface area contributed by atoms with Gasteiger partial charge < -0.3 is 16.0 Å². The molecule has 2 saturated heterocycles. The van der Waals surface area contributed by atoms with Crippen LogP contribution in [0.4, 0.5) is 0 Å². The van der Waals surface area contributed by atoms with E-state index in [0.29, 0.717) is 0 Å². The van der Waals surface area contributed by atoms with Gasteiger partial charge in [-0.25, -0.2) is 0 Å². The third-order valence-electron chi connectivity index (χ3n) is 12.8. The predicted molar refractivity (Wildman–Crippen MR) is 227 cm³/mol. The fraction of sp³-hybridized carbons (Fsp3) is 0.154. The van der Waals surface area contributed by atoms with Crippen molar-refractivity contribution in [1.29, 1.82) is 0 Å².